The van der Waals surface area contributed by atoms with Crippen molar-refractivity contribution in [3.8, 4) is 5.75 Å². The summed E-state index contributed by atoms with van der Waals surface area (Å²) in [5.41, 5.74) is 2.62. The first-order valence-electron chi connectivity index (χ1n) is 6.76. The zero-order chi connectivity index (χ0) is 13.9. The summed E-state index contributed by atoms with van der Waals surface area (Å²) in [6.07, 6.45) is 4.89. The van der Waals surface area contributed by atoms with Gasteiger partial charge in [-0.05, 0) is 46.1 Å². The zero-order valence-electron chi connectivity index (χ0n) is 11.4. The van der Waals surface area contributed by atoms with Crippen molar-refractivity contribution in [2.24, 2.45) is 0 Å². The number of ether oxygens (including phenoxy) is 1. The molecule has 3 rings (SSSR count). The van der Waals surface area contributed by atoms with Gasteiger partial charge >= 0.3 is 0 Å². The molecule has 1 fully saturated rings. The van der Waals surface area contributed by atoms with Crippen LogP contribution in [0.5, 0.6) is 5.75 Å². The van der Waals surface area contributed by atoms with Crippen molar-refractivity contribution in [1.29, 1.82) is 0 Å². The molecule has 1 aromatic carbocycles. The molecular formula is C16H17BrN2O. The van der Waals surface area contributed by atoms with E-state index in [1.54, 1.807) is 7.11 Å². The molecular weight excluding hydrogens is 316 g/mol. The third-order valence-electron chi connectivity index (χ3n) is 3.87. The van der Waals surface area contributed by atoms with E-state index in [2.05, 4.69) is 44.0 Å². The lowest BCUT2D eigenvalue weighted by molar-refractivity contribution is 0.414. The van der Waals surface area contributed by atoms with E-state index in [1.165, 1.54) is 17.7 Å². The van der Waals surface area contributed by atoms with E-state index in [9.17, 15) is 0 Å². The van der Waals surface area contributed by atoms with Crippen LogP contribution in [-0.4, -0.2) is 25.2 Å². The molecule has 4 heteroatoms. The largest absolute Gasteiger partial charge is 0.497 e. The molecule has 0 N–H and O–H groups in total. The van der Waals surface area contributed by atoms with Crippen LogP contribution in [0.15, 0.2) is 47.2 Å². The summed E-state index contributed by atoms with van der Waals surface area (Å²) in [4.78, 5) is 6.54. The Hall–Kier alpha value is -1.55. The second-order valence-electron chi connectivity index (χ2n) is 5.03. The van der Waals surface area contributed by atoms with Crippen LogP contribution in [-0.2, 0) is 0 Å². The minimum atomic E-state index is 0.584. The van der Waals surface area contributed by atoms with E-state index in [-0.39, 0.29) is 0 Å². The van der Waals surface area contributed by atoms with Crippen LogP contribution in [0.2, 0.25) is 0 Å². The molecule has 2 aromatic rings. The van der Waals surface area contributed by atoms with Gasteiger partial charge in [0.2, 0.25) is 0 Å². The second kappa shape index (κ2) is 5.83. The van der Waals surface area contributed by atoms with E-state index >= 15 is 0 Å². The lowest BCUT2D eigenvalue weighted by atomic mass is 9.98. The molecule has 0 amide bonds. The molecule has 0 unspecified atom stereocenters. The van der Waals surface area contributed by atoms with Gasteiger partial charge in [-0.2, -0.15) is 0 Å². The van der Waals surface area contributed by atoms with Crippen molar-refractivity contribution in [2.45, 2.75) is 12.3 Å². The van der Waals surface area contributed by atoms with Crippen molar-refractivity contribution in [1.82, 2.24) is 4.98 Å². The lowest BCUT2D eigenvalue weighted by Gasteiger charge is -2.20. The second-order valence-corrected chi connectivity index (χ2v) is 5.89. The Bertz CT molecular complexity index is 585. The number of halogens is 1. The van der Waals surface area contributed by atoms with Gasteiger partial charge < -0.3 is 9.64 Å². The normalized spacial score (nSPS) is 18.3. The van der Waals surface area contributed by atoms with E-state index in [0.29, 0.717) is 5.92 Å². The van der Waals surface area contributed by atoms with Crippen LogP contribution in [0.4, 0.5) is 5.69 Å². The third-order valence-corrected chi connectivity index (χ3v) is 4.48. The fraction of sp³-hybridized carbons (Fsp3) is 0.312. The maximum Gasteiger partial charge on any atom is 0.118 e. The molecule has 1 aliphatic heterocycles. The molecule has 1 aromatic heterocycles. The molecule has 1 atom stereocenters. The van der Waals surface area contributed by atoms with Crippen molar-refractivity contribution >= 4 is 21.6 Å². The highest BCUT2D eigenvalue weighted by Crippen LogP contribution is 2.34. The Kier molecular flexibility index (Phi) is 3.92. The highest BCUT2D eigenvalue weighted by Gasteiger charge is 2.25. The van der Waals surface area contributed by atoms with Gasteiger partial charge in [-0.15, -0.1) is 0 Å². The van der Waals surface area contributed by atoms with Gasteiger partial charge in [0.1, 0.15) is 5.75 Å². The first kappa shape index (κ1) is 13.4. The molecule has 0 radical (unpaired) electrons. The highest BCUT2D eigenvalue weighted by molar-refractivity contribution is 9.10. The fourth-order valence-electron chi connectivity index (χ4n) is 2.75. The number of hydrogen-bond acceptors (Lipinski definition) is 3. The predicted octanol–water partition coefficient (Wildman–Crippen LogP) is 3.85. The maximum absolute atomic E-state index is 5.21. The van der Waals surface area contributed by atoms with E-state index in [1.807, 2.05) is 24.5 Å². The number of aromatic nitrogens is 1. The van der Waals surface area contributed by atoms with Gasteiger partial charge in [-0.3, -0.25) is 4.98 Å². The average Bonchev–Trinajstić information content (AvgIpc) is 2.97. The first-order chi connectivity index (χ1) is 9.78. The van der Waals surface area contributed by atoms with Crippen molar-refractivity contribution in [3.05, 3.63) is 52.8 Å². The SMILES string of the molecule is COc1ccc([C@@H]2CCN(c3ccncc3Br)C2)cc1. The van der Waals surface area contributed by atoms with Gasteiger partial charge in [-0.1, -0.05) is 12.1 Å². The van der Waals surface area contributed by atoms with E-state index in [4.69, 9.17) is 4.74 Å². The number of pyridine rings is 1. The number of anilines is 1. The number of rotatable bonds is 3. The van der Waals surface area contributed by atoms with Gasteiger partial charge in [-0.25, -0.2) is 0 Å². The Labute approximate surface area is 127 Å². The summed E-state index contributed by atoms with van der Waals surface area (Å²) in [7, 11) is 1.70. The topological polar surface area (TPSA) is 25.4 Å². The summed E-state index contributed by atoms with van der Waals surface area (Å²) in [5, 5.41) is 0. The van der Waals surface area contributed by atoms with Crippen LogP contribution in [0.3, 0.4) is 0 Å². The van der Waals surface area contributed by atoms with Crippen LogP contribution >= 0.6 is 15.9 Å². The van der Waals surface area contributed by atoms with Crippen LogP contribution in [0.25, 0.3) is 0 Å². The maximum atomic E-state index is 5.21. The minimum absolute atomic E-state index is 0.584. The molecule has 0 spiro atoms. The zero-order valence-corrected chi connectivity index (χ0v) is 13.0. The van der Waals surface area contributed by atoms with Gasteiger partial charge in [0.05, 0.1) is 17.3 Å². The van der Waals surface area contributed by atoms with Gasteiger partial charge in [0.15, 0.2) is 0 Å². The van der Waals surface area contributed by atoms with Gasteiger partial charge in [0, 0.05) is 31.4 Å². The van der Waals surface area contributed by atoms with Crippen LogP contribution in [0.1, 0.15) is 17.9 Å². The van der Waals surface area contributed by atoms with Crippen LogP contribution in [0, 0.1) is 0 Å². The Morgan fingerprint density at radius 3 is 2.75 bits per heavy atom. The lowest BCUT2D eigenvalue weighted by Crippen LogP contribution is -2.19. The summed E-state index contributed by atoms with van der Waals surface area (Å²) in [6, 6.07) is 10.5. The fourth-order valence-corrected chi connectivity index (χ4v) is 3.25. The third kappa shape index (κ3) is 2.66. The molecule has 2 heterocycles. The number of hydrogen-bond donors (Lipinski definition) is 0. The summed E-state index contributed by atoms with van der Waals surface area (Å²) in [5.74, 6) is 1.50. The molecule has 20 heavy (non-hydrogen) atoms. The molecule has 0 saturated carbocycles. The Balaban J connectivity index is 1.74. The molecule has 3 nitrogen and oxygen atoms in total. The average molecular weight is 333 g/mol. The van der Waals surface area contributed by atoms with E-state index < -0.39 is 0 Å². The van der Waals surface area contributed by atoms with Crippen molar-refractivity contribution in [3.63, 3.8) is 0 Å². The highest BCUT2D eigenvalue weighted by atomic mass is 79.9. The van der Waals surface area contributed by atoms with Crippen molar-refractivity contribution < 1.29 is 4.74 Å². The number of benzene rings is 1. The van der Waals surface area contributed by atoms with Crippen LogP contribution < -0.4 is 9.64 Å². The predicted molar refractivity (Wildman–Crippen MR) is 84.5 cm³/mol. The van der Waals surface area contributed by atoms with Gasteiger partial charge in [0.25, 0.3) is 0 Å². The summed E-state index contributed by atoms with van der Waals surface area (Å²) < 4.78 is 6.28. The Morgan fingerprint density at radius 2 is 2.05 bits per heavy atom. The number of nitrogens with zero attached hydrogens (tertiary/aromatic N) is 2. The molecule has 1 saturated heterocycles. The van der Waals surface area contributed by atoms with Crippen molar-refractivity contribution in [2.75, 3.05) is 25.1 Å². The standard InChI is InChI=1S/C16H17BrN2O/c1-20-14-4-2-12(3-5-14)13-7-9-19(11-13)16-6-8-18-10-15(16)17/h2-6,8,10,13H,7,9,11H2,1H3/t13-/m1/s1. The van der Waals surface area contributed by atoms with E-state index in [0.717, 1.165) is 23.3 Å². The smallest absolute Gasteiger partial charge is 0.118 e. The molecule has 0 bridgehead atoms. The molecule has 104 valence electrons. The summed E-state index contributed by atoms with van der Waals surface area (Å²) >= 11 is 3.58. The molecule has 1 aliphatic rings. The number of methoxy groups -OCH3 is 1. The Morgan fingerprint density at radius 1 is 1.25 bits per heavy atom. The minimum Gasteiger partial charge on any atom is -0.497 e. The summed E-state index contributed by atoms with van der Waals surface area (Å²) in [6.45, 7) is 2.13. The first-order valence-corrected chi connectivity index (χ1v) is 7.55. The quantitative estimate of drug-likeness (QED) is 0.853. The molecule has 0 aliphatic carbocycles. The monoisotopic (exact) mass is 332 g/mol.